The van der Waals surface area contributed by atoms with Gasteiger partial charge in [-0.05, 0) is 12.1 Å². The highest BCUT2D eigenvalue weighted by atomic mass is 35.5. The van der Waals surface area contributed by atoms with Crippen LogP contribution in [-0.2, 0) is 20.8 Å². The highest BCUT2D eigenvalue weighted by Gasteiger charge is 2.22. The van der Waals surface area contributed by atoms with Crippen molar-refractivity contribution in [2.24, 2.45) is 0 Å². The standard InChI is InChI=1S/C10H14Cl2N2O3S2/c1-2-18(15)4-3-14-19(16,17)10-8(11)5-7(13)6-9(10)12/h5-6,14H,2-4,13H2,1H3. The van der Waals surface area contributed by atoms with Gasteiger partial charge in [0.1, 0.15) is 4.90 Å². The lowest BCUT2D eigenvalue weighted by atomic mass is 10.3. The Morgan fingerprint density at radius 1 is 1.32 bits per heavy atom. The van der Waals surface area contributed by atoms with Crippen LogP contribution in [0.1, 0.15) is 6.92 Å². The monoisotopic (exact) mass is 344 g/mol. The number of halogens is 2. The summed E-state index contributed by atoms with van der Waals surface area (Å²) in [5.41, 5.74) is 5.78. The lowest BCUT2D eigenvalue weighted by Crippen LogP contribution is -2.28. The minimum absolute atomic E-state index is 0.0471. The Kier molecular flexibility index (Phi) is 6.07. The third-order valence-electron chi connectivity index (χ3n) is 2.23. The fourth-order valence-electron chi connectivity index (χ4n) is 1.34. The molecule has 1 unspecified atom stereocenters. The fraction of sp³-hybridized carbons (Fsp3) is 0.400. The van der Waals surface area contributed by atoms with Crippen molar-refractivity contribution in [1.29, 1.82) is 0 Å². The summed E-state index contributed by atoms with van der Waals surface area (Å²) in [6, 6.07) is 2.62. The maximum Gasteiger partial charge on any atom is 0.243 e. The van der Waals surface area contributed by atoms with E-state index in [1.807, 2.05) is 0 Å². The first kappa shape index (κ1) is 16.7. The highest BCUT2D eigenvalue weighted by Crippen LogP contribution is 2.31. The lowest BCUT2D eigenvalue weighted by Gasteiger charge is -2.10. The Hall–Kier alpha value is -0.340. The summed E-state index contributed by atoms with van der Waals surface area (Å²) < 4.78 is 37.6. The molecule has 0 spiro atoms. The maximum atomic E-state index is 12.0. The number of rotatable bonds is 6. The summed E-state index contributed by atoms with van der Waals surface area (Å²) in [5.74, 6) is 0.713. The van der Waals surface area contributed by atoms with Crippen LogP contribution in [-0.4, -0.2) is 30.7 Å². The number of nitrogen functional groups attached to an aromatic ring is 1. The summed E-state index contributed by atoms with van der Waals surface area (Å²) in [6.07, 6.45) is 0. The van der Waals surface area contributed by atoms with Crippen molar-refractivity contribution in [3.05, 3.63) is 22.2 Å². The van der Waals surface area contributed by atoms with E-state index in [4.69, 9.17) is 28.9 Å². The smallest absolute Gasteiger partial charge is 0.243 e. The largest absolute Gasteiger partial charge is 0.399 e. The number of sulfonamides is 1. The number of benzene rings is 1. The van der Waals surface area contributed by atoms with Gasteiger partial charge in [0.15, 0.2) is 0 Å². The zero-order valence-electron chi connectivity index (χ0n) is 10.2. The van der Waals surface area contributed by atoms with Gasteiger partial charge in [-0.15, -0.1) is 0 Å². The minimum atomic E-state index is -3.85. The van der Waals surface area contributed by atoms with E-state index in [1.54, 1.807) is 6.92 Å². The Labute approximate surface area is 125 Å². The molecular formula is C10H14Cl2N2O3S2. The molecule has 0 fully saturated rings. The summed E-state index contributed by atoms with van der Waals surface area (Å²) in [7, 11) is -4.89. The molecule has 1 aromatic carbocycles. The second-order valence-corrected chi connectivity index (χ2v) is 8.03. The van der Waals surface area contributed by atoms with Crippen molar-refractivity contribution in [3.63, 3.8) is 0 Å². The summed E-state index contributed by atoms with van der Waals surface area (Å²) in [5, 5.41) is -0.0942. The number of hydrogen-bond acceptors (Lipinski definition) is 4. The van der Waals surface area contributed by atoms with Crippen LogP contribution in [0.2, 0.25) is 10.0 Å². The van der Waals surface area contributed by atoms with E-state index >= 15 is 0 Å². The lowest BCUT2D eigenvalue weighted by molar-refractivity contribution is 0.584. The molecular weight excluding hydrogens is 331 g/mol. The van der Waals surface area contributed by atoms with Crippen LogP contribution in [0.25, 0.3) is 0 Å². The highest BCUT2D eigenvalue weighted by molar-refractivity contribution is 7.90. The molecule has 19 heavy (non-hydrogen) atoms. The first-order valence-corrected chi connectivity index (χ1v) is 9.09. The Balaban J connectivity index is 2.92. The Bertz CT molecular complexity index is 567. The molecule has 3 N–H and O–H groups in total. The summed E-state index contributed by atoms with van der Waals surface area (Å²) in [4.78, 5) is -0.215. The van der Waals surface area contributed by atoms with Gasteiger partial charge in [0.05, 0.1) is 10.0 Å². The minimum Gasteiger partial charge on any atom is -0.399 e. The average Bonchev–Trinajstić information content (AvgIpc) is 2.26. The van der Waals surface area contributed by atoms with Crippen LogP contribution in [0.5, 0.6) is 0 Å². The molecule has 1 atom stereocenters. The van der Waals surface area contributed by atoms with Gasteiger partial charge in [0.2, 0.25) is 10.0 Å². The van der Waals surface area contributed by atoms with Gasteiger partial charge in [-0.1, -0.05) is 30.1 Å². The second-order valence-electron chi connectivity index (χ2n) is 3.64. The van der Waals surface area contributed by atoms with Crippen LogP contribution >= 0.6 is 23.2 Å². The Morgan fingerprint density at radius 3 is 2.32 bits per heavy atom. The molecule has 1 aromatic rings. The van der Waals surface area contributed by atoms with E-state index in [-0.39, 0.29) is 32.9 Å². The number of hydrogen-bond donors (Lipinski definition) is 2. The second kappa shape index (κ2) is 6.90. The molecule has 0 aliphatic carbocycles. The van der Waals surface area contributed by atoms with Crippen LogP contribution in [0.3, 0.4) is 0 Å². The molecule has 0 bridgehead atoms. The maximum absolute atomic E-state index is 12.0. The van der Waals surface area contributed by atoms with E-state index in [9.17, 15) is 12.6 Å². The van der Waals surface area contributed by atoms with Crippen molar-refractivity contribution >= 4 is 49.7 Å². The van der Waals surface area contributed by atoms with E-state index in [0.29, 0.717) is 5.75 Å². The number of nitrogens with two attached hydrogens (primary N) is 1. The predicted octanol–water partition coefficient (Wildman–Crippen LogP) is 1.62. The molecule has 0 saturated carbocycles. The van der Waals surface area contributed by atoms with Crippen molar-refractivity contribution in [2.45, 2.75) is 11.8 Å². The summed E-state index contributed by atoms with van der Waals surface area (Å²) in [6.45, 7) is 1.82. The van der Waals surface area contributed by atoms with Gasteiger partial charge < -0.3 is 5.73 Å². The molecule has 108 valence electrons. The molecule has 0 radical (unpaired) electrons. The van der Waals surface area contributed by atoms with Crippen LogP contribution in [0.15, 0.2) is 17.0 Å². The first-order chi connectivity index (χ1) is 8.77. The number of nitrogens with one attached hydrogen (secondary N) is 1. The quantitative estimate of drug-likeness (QED) is 0.767. The first-order valence-electron chi connectivity index (χ1n) is 5.37. The van der Waals surface area contributed by atoms with E-state index in [2.05, 4.69) is 4.72 Å². The molecule has 0 saturated heterocycles. The molecule has 0 aliphatic heterocycles. The zero-order valence-corrected chi connectivity index (χ0v) is 13.3. The molecule has 0 amide bonds. The van der Waals surface area contributed by atoms with Crippen LogP contribution in [0, 0.1) is 0 Å². The topological polar surface area (TPSA) is 89.3 Å². The summed E-state index contributed by atoms with van der Waals surface area (Å²) >= 11 is 11.7. The molecule has 0 heterocycles. The van der Waals surface area contributed by atoms with Gasteiger partial charge in [-0.3, -0.25) is 4.21 Å². The van der Waals surface area contributed by atoms with Gasteiger partial charge in [0.25, 0.3) is 0 Å². The molecule has 5 nitrogen and oxygen atoms in total. The van der Waals surface area contributed by atoms with E-state index in [1.165, 1.54) is 12.1 Å². The average molecular weight is 345 g/mol. The fourth-order valence-corrected chi connectivity index (χ4v) is 4.35. The van der Waals surface area contributed by atoms with Crippen molar-refractivity contribution < 1.29 is 12.6 Å². The van der Waals surface area contributed by atoms with Crippen LogP contribution < -0.4 is 10.5 Å². The van der Waals surface area contributed by atoms with Gasteiger partial charge in [-0.2, -0.15) is 0 Å². The van der Waals surface area contributed by atoms with E-state index in [0.717, 1.165) is 0 Å². The van der Waals surface area contributed by atoms with Crippen molar-refractivity contribution in [2.75, 3.05) is 23.8 Å². The third kappa shape index (κ3) is 4.61. The molecule has 0 aromatic heterocycles. The number of anilines is 1. The molecule has 0 aliphatic rings. The Morgan fingerprint density at radius 2 is 1.84 bits per heavy atom. The van der Waals surface area contributed by atoms with Gasteiger partial charge in [-0.25, -0.2) is 13.1 Å². The SMILES string of the molecule is CCS(=O)CCNS(=O)(=O)c1c(Cl)cc(N)cc1Cl. The van der Waals surface area contributed by atoms with Crippen LogP contribution in [0.4, 0.5) is 5.69 Å². The van der Waals surface area contributed by atoms with Crippen molar-refractivity contribution in [3.8, 4) is 0 Å². The normalized spacial score (nSPS) is 13.4. The predicted molar refractivity (Wildman–Crippen MR) is 79.6 cm³/mol. The van der Waals surface area contributed by atoms with Crippen molar-refractivity contribution in [1.82, 2.24) is 4.72 Å². The molecule has 9 heteroatoms. The van der Waals surface area contributed by atoms with E-state index < -0.39 is 20.8 Å². The molecule has 1 rings (SSSR count). The zero-order chi connectivity index (χ0) is 14.6. The van der Waals surface area contributed by atoms with Gasteiger partial charge in [0, 0.05) is 34.5 Å². The third-order valence-corrected chi connectivity index (χ3v) is 5.92. The van der Waals surface area contributed by atoms with Gasteiger partial charge >= 0.3 is 0 Å².